The summed E-state index contributed by atoms with van der Waals surface area (Å²) in [5.41, 5.74) is 18.8. The first-order chi connectivity index (χ1) is 43.8. The summed E-state index contributed by atoms with van der Waals surface area (Å²) in [6, 6.07) is 122. The number of benzene rings is 13. The molecule has 6 heteroatoms. The highest BCUT2D eigenvalue weighted by molar-refractivity contribution is 5.99. The maximum atomic E-state index is 4.55. The molecule has 0 unspecified atom stereocenters. The number of para-hydroxylation sites is 5. The van der Waals surface area contributed by atoms with Crippen molar-refractivity contribution in [3.63, 3.8) is 0 Å². The predicted molar refractivity (Wildman–Crippen MR) is 376 cm³/mol. The summed E-state index contributed by atoms with van der Waals surface area (Å²) < 4.78 is 0. The molecule has 0 saturated carbocycles. The van der Waals surface area contributed by atoms with Gasteiger partial charge in [0.15, 0.2) is 11.6 Å². The molecule has 0 bridgehead atoms. The van der Waals surface area contributed by atoms with E-state index in [2.05, 4.69) is 317 Å². The molecule has 0 N–H and O–H groups in total. The normalized spacial score (nSPS) is 10.5. The first kappa shape index (κ1) is 59.3. The molecular weight excluding hydrogens is 1080 g/mol. The Kier molecular flexibility index (Phi) is 19.7. The van der Waals surface area contributed by atoms with E-state index in [-0.39, 0.29) is 0 Å². The van der Waals surface area contributed by atoms with Crippen molar-refractivity contribution >= 4 is 62.0 Å². The molecule has 14 rings (SSSR count). The molecular formula is C83H70N6. The van der Waals surface area contributed by atoms with E-state index < -0.39 is 0 Å². The van der Waals surface area contributed by atoms with Crippen molar-refractivity contribution < 1.29 is 0 Å². The third-order valence-corrected chi connectivity index (χ3v) is 15.0. The number of rotatable bonds is 12. The first-order valence-electron chi connectivity index (χ1n) is 30.1. The van der Waals surface area contributed by atoms with Gasteiger partial charge in [-0.15, -0.1) is 0 Å². The van der Waals surface area contributed by atoms with Gasteiger partial charge >= 0.3 is 0 Å². The number of aryl methyl sites for hydroxylation is 4. The smallest absolute Gasteiger partial charge is 0.163 e. The summed E-state index contributed by atoms with van der Waals surface area (Å²) in [7, 11) is 0. The lowest BCUT2D eigenvalue weighted by atomic mass is 10.0. The van der Waals surface area contributed by atoms with Gasteiger partial charge in [0.05, 0.1) is 5.69 Å². The Morgan fingerprint density at radius 2 is 0.472 bits per heavy atom. The highest BCUT2D eigenvalue weighted by Gasteiger charge is 2.16. The molecule has 432 valence electrons. The van der Waals surface area contributed by atoms with Gasteiger partial charge in [0, 0.05) is 62.0 Å². The topological polar surface area (TPSA) is 48.4 Å². The van der Waals surface area contributed by atoms with Crippen molar-refractivity contribution in [2.45, 2.75) is 27.7 Å². The van der Waals surface area contributed by atoms with Gasteiger partial charge in [-0.25, -0.2) is 15.0 Å². The fourth-order valence-corrected chi connectivity index (χ4v) is 10.5. The third-order valence-electron chi connectivity index (χ3n) is 15.0. The van der Waals surface area contributed by atoms with Gasteiger partial charge in [-0.05, 0) is 147 Å². The SMILES string of the molecule is Cc1ccc(-c2ccc(N(c3ccccc3)c3ccccc3)cc2)cc1.Cc1ccc(N(c2ccccc2)c2cccc3ccccc23)cc1.Cc1ccc(N(c2ccccc2)c2ccccc2)cc1.Cc1nc(-c2ccccc2)nc(-c2ccccc2)n1. The molecule has 6 nitrogen and oxygen atoms in total. The molecule has 0 atom stereocenters. The van der Waals surface area contributed by atoms with E-state index in [4.69, 9.17) is 0 Å². The summed E-state index contributed by atoms with van der Waals surface area (Å²) >= 11 is 0. The standard InChI is InChI=1S/C25H21N.C23H19N.C19H17N.C16H13N3/c1-20-12-14-21(15-13-20)22-16-18-25(19-17-22)26(23-8-4-2-5-9-23)24-10-6-3-7-11-24;1-18-14-16-21(17-15-18)24(20-10-3-2-4-11-20)23-13-7-9-19-8-5-6-12-22(19)23;1-16-12-14-19(15-13-16)20(17-8-4-2-5-9-17)18-10-6-3-7-11-18;1-12-17-15(13-8-4-2-5-9-13)19-16(18-12)14-10-6-3-7-11-14/h2-19H,1H3;2-17H,1H3;2-15H,1H3;2-11H,1H3. The van der Waals surface area contributed by atoms with Gasteiger partial charge < -0.3 is 14.7 Å². The number of nitrogens with zero attached hydrogens (tertiary/aromatic N) is 6. The molecule has 89 heavy (non-hydrogen) atoms. The molecule has 1 aromatic heterocycles. The molecule has 0 amide bonds. The van der Waals surface area contributed by atoms with Crippen LogP contribution in [0.4, 0.5) is 51.2 Å². The second-order valence-electron chi connectivity index (χ2n) is 21.5. The molecule has 0 radical (unpaired) electrons. The van der Waals surface area contributed by atoms with Crippen LogP contribution in [-0.2, 0) is 0 Å². The Morgan fingerprint density at radius 3 is 0.854 bits per heavy atom. The Labute approximate surface area is 524 Å². The molecule has 0 aliphatic rings. The number of anilines is 9. The van der Waals surface area contributed by atoms with Crippen molar-refractivity contribution in [2.24, 2.45) is 0 Å². The van der Waals surface area contributed by atoms with Crippen LogP contribution in [0.3, 0.4) is 0 Å². The van der Waals surface area contributed by atoms with Crippen LogP contribution in [0.25, 0.3) is 44.7 Å². The van der Waals surface area contributed by atoms with E-state index in [9.17, 15) is 0 Å². The van der Waals surface area contributed by atoms with Crippen LogP contribution in [0, 0.1) is 27.7 Å². The lowest BCUT2D eigenvalue weighted by Crippen LogP contribution is -2.10. The first-order valence-corrected chi connectivity index (χ1v) is 30.1. The Bertz CT molecular complexity index is 4260. The molecule has 0 spiro atoms. The number of hydrogen-bond acceptors (Lipinski definition) is 6. The lowest BCUT2D eigenvalue weighted by molar-refractivity contribution is 0.992. The molecule has 13 aromatic carbocycles. The molecule has 0 aliphatic carbocycles. The highest BCUT2D eigenvalue weighted by atomic mass is 15.2. The van der Waals surface area contributed by atoms with Crippen LogP contribution in [0.5, 0.6) is 0 Å². The quantitative estimate of drug-likeness (QED) is 0.121. The van der Waals surface area contributed by atoms with Crippen LogP contribution in [0.1, 0.15) is 22.5 Å². The summed E-state index contributed by atoms with van der Waals surface area (Å²) in [5, 5.41) is 2.51. The van der Waals surface area contributed by atoms with E-state index in [0.29, 0.717) is 11.6 Å². The number of fused-ring (bicyclic) bond motifs is 1. The van der Waals surface area contributed by atoms with Gasteiger partial charge in [-0.1, -0.05) is 265 Å². The minimum absolute atomic E-state index is 0.715. The fourth-order valence-electron chi connectivity index (χ4n) is 10.5. The zero-order valence-electron chi connectivity index (χ0n) is 50.7. The minimum Gasteiger partial charge on any atom is -0.311 e. The Balaban J connectivity index is 0.000000123. The van der Waals surface area contributed by atoms with Crippen LogP contribution < -0.4 is 14.7 Å². The Morgan fingerprint density at radius 1 is 0.202 bits per heavy atom. The van der Waals surface area contributed by atoms with Crippen molar-refractivity contribution in [1.82, 2.24) is 15.0 Å². The van der Waals surface area contributed by atoms with E-state index in [1.54, 1.807) is 0 Å². The molecule has 0 aliphatic heterocycles. The van der Waals surface area contributed by atoms with Gasteiger partial charge in [0.2, 0.25) is 0 Å². The zero-order valence-corrected chi connectivity index (χ0v) is 50.7. The summed E-state index contributed by atoms with van der Waals surface area (Å²) in [6.07, 6.45) is 0. The molecule has 1 heterocycles. The van der Waals surface area contributed by atoms with Crippen molar-refractivity contribution in [3.8, 4) is 33.9 Å². The van der Waals surface area contributed by atoms with Crippen LogP contribution in [-0.4, -0.2) is 15.0 Å². The van der Waals surface area contributed by atoms with Crippen molar-refractivity contribution in [1.29, 1.82) is 0 Å². The fraction of sp³-hybridized carbons (Fsp3) is 0.0482. The van der Waals surface area contributed by atoms with Gasteiger partial charge in [-0.2, -0.15) is 0 Å². The predicted octanol–water partition coefficient (Wildman–Crippen LogP) is 22.7. The highest BCUT2D eigenvalue weighted by Crippen LogP contribution is 2.40. The van der Waals surface area contributed by atoms with Crippen LogP contribution in [0.2, 0.25) is 0 Å². The van der Waals surface area contributed by atoms with Crippen LogP contribution in [0.15, 0.2) is 352 Å². The van der Waals surface area contributed by atoms with Gasteiger partial charge in [0.1, 0.15) is 5.82 Å². The average molecular weight is 1150 g/mol. The average Bonchev–Trinajstić information content (AvgIpc) is 3.12. The number of aromatic nitrogens is 3. The van der Waals surface area contributed by atoms with Crippen LogP contribution >= 0.6 is 0 Å². The van der Waals surface area contributed by atoms with Crippen molar-refractivity contribution in [2.75, 3.05) is 14.7 Å². The summed E-state index contributed by atoms with van der Waals surface area (Å²) in [6.45, 7) is 8.23. The second kappa shape index (κ2) is 29.6. The summed E-state index contributed by atoms with van der Waals surface area (Å²) in [4.78, 5) is 20.2. The monoisotopic (exact) mass is 1150 g/mol. The molecule has 14 aromatic rings. The van der Waals surface area contributed by atoms with E-state index >= 15 is 0 Å². The maximum absolute atomic E-state index is 4.55. The van der Waals surface area contributed by atoms with E-state index in [1.165, 1.54) is 67.0 Å². The molecule has 0 saturated heterocycles. The molecule has 0 fully saturated rings. The van der Waals surface area contributed by atoms with Gasteiger partial charge in [-0.3, -0.25) is 0 Å². The number of hydrogen-bond donors (Lipinski definition) is 0. The zero-order chi connectivity index (χ0) is 61.0. The second-order valence-corrected chi connectivity index (χ2v) is 21.5. The summed E-state index contributed by atoms with van der Waals surface area (Å²) in [5.74, 6) is 2.16. The lowest BCUT2D eigenvalue weighted by Gasteiger charge is -2.26. The van der Waals surface area contributed by atoms with E-state index in [0.717, 1.165) is 39.7 Å². The maximum Gasteiger partial charge on any atom is 0.163 e. The Hall–Kier alpha value is -11.5. The largest absolute Gasteiger partial charge is 0.311 e. The third kappa shape index (κ3) is 15.5. The minimum atomic E-state index is 0.715. The van der Waals surface area contributed by atoms with Gasteiger partial charge in [0.25, 0.3) is 0 Å². The van der Waals surface area contributed by atoms with Crippen molar-refractivity contribution in [3.05, 3.63) is 374 Å². The van der Waals surface area contributed by atoms with E-state index in [1.807, 2.05) is 91.9 Å².